The molecule has 1 aromatic carbocycles. The molecule has 0 N–H and O–H groups in total. The van der Waals surface area contributed by atoms with Crippen molar-refractivity contribution < 1.29 is 9.59 Å². The third-order valence-electron chi connectivity index (χ3n) is 4.23. The fraction of sp³-hybridized carbons (Fsp3) is 0.421. The lowest BCUT2D eigenvalue weighted by atomic mass is 10.0. The van der Waals surface area contributed by atoms with Crippen molar-refractivity contribution in [1.29, 1.82) is 0 Å². The van der Waals surface area contributed by atoms with E-state index in [1.165, 1.54) is 16.7 Å². The van der Waals surface area contributed by atoms with Crippen LogP contribution in [-0.2, 0) is 9.59 Å². The summed E-state index contributed by atoms with van der Waals surface area (Å²) in [6.45, 7) is 9.00. The molecular weight excluding hydrogens is 432 g/mol. The zero-order valence-corrected chi connectivity index (χ0v) is 18.6. The number of hydrogen-bond acceptors (Lipinski definition) is 4. The fourth-order valence-electron chi connectivity index (χ4n) is 2.85. The van der Waals surface area contributed by atoms with E-state index in [2.05, 4.69) is 15.9 Å². The van der Waals surface area contributed by atoms with Crippen LogP contribution in [-0.4, -0.2) is 45.1 Å². The van der Waals surface area contributed by atoms with Gasteiger partial charge in [0.05, 0.1) is 4.91 Å². The summed E-state index contributed by atoms with van der Waals surface area (Å²) >= 11 is 10.1. The van der Waals surface area contributed by atoms with E-state index in [1.807, 2.05) is 58.0 Å². The van der Waals surface area contributed by atoms with E-state index in [9.17, 15) is 9.59 Å². The molecule has 140 valence electrons. The minimum absolute atomic E-state index is 0.0300. The Morgan fingerprint density at radius 3 is 2.35 bits per heavy atom. The number of carbonyl (C=O) groups is 2. The molecule has 2 rings (SSSR count). The second-order valence-electron chi connectivity index (χ2n) is 6.30. The molecule has 1 aromatic rings. The van der Waals surface area contributed by atoms with Crippen LogP contribution in [0.4, 0.5) is 0 Å². The maximum Gasteiger partial charge on any atom is 0.266 e. The largest absolute Gasteiger partial charge is 0.341 e. The number of amides is 2. The van der Waals surface area contributed by atoms with Crippen molar-refractivity contribution in [2.24, 2.45) is 5.92 Å². The number of benzene rings is 1. The summed E-state index contributed by atoms with van der Waals surface area (Å²) in [4.78, 5) is 29.8. The third-order valence-corrected chi connectivity index (χ3v) is 6.09. The van der Waals surface area contributed by atoms with Gasteiger partial charge in [0.15, 0.2) is 0 Å². The number of thioether (sulfide) groups is 1. The highest BCUT2D eigenvalue weighted by molar-refractivity contribution is 9.10. The number of likely N-dealkylation sites (N-methyl/N-ethyl adjacent to an activating group) is 1. The molecule has 0 bridgehead atoms. The molecule has 1 saturated heterocycles. The van der Waals surface area contributed by atoms with Crippen LogP contribution in [0.25, 0.3) is 6.08 Å². The van der Waals surface area contributed by atoms with E-state index in [4.69, 9.17) is 12.2 Å². The Balaban J connectivity index is 2.33. The van der Waals surface area contributed by atoms with Gasteiger partial charge in [-0.25, -0.2) is 0 Å². The summed E-state index contributed by atoms with van der Waals surface area (Å²) in [5.41, 5.74) is 0.921. The van der Waals surface area contributed by atoms with Gasteiger partial charge in [-0.3, -0.25) is 14.5 Å². The fourth-order valence-corrected chi connectivity index (χ4v) is 4.44. The predicted molar refractivity (Wildman–Crippen MR) is 116 cm³/mol. The zero-order chi connectivity index (χ0) is 19.4. The lowest BCUT2D eigenvalue weighted by Gasteiger charge is -2.33. The summed E-state index contributed by atoms with van der Waals surface area (Å²) in [6.07, 6.45) is 1.82. The molecule has 2 amide bonds. The number of halogens is 1. The molecule has 1 atom stereocenters. The molecular formula is C19H23BrN2O2S2. The van der Waals surface area contributed by atoms with Gasteiger partial charge < -0.3 is 4.90 Å². The smallest absolute Gasteiger partial charge is 0.266 e. The first-order chi connectivity index (χ1) is 12.3. The summed E-state index contributed by atoms with van der Waals surface area (Å²) in [7, 11) is 0. The average molecular weight is 455 g/mol. The molecule has 0 radical (unpaired) electrons. The van der Waals surface area contributed by atoms with Gasteiger partial charge in [0.25, 0.3) is 5.91 Å². The van der Waals surface area contributed by atoms with Crippen molar-refractivity contribution in [3.8, 4) is 0 Å². The Morgan fingerprint density at radius 1 is 1.27 bits per heavy atom. The van der Waals surface area contributed by atoms with Gasteiger partial charge in [-0.05, 0) is 43.5 Å². The number of thiocarbonyl (C=S) groups is 1. The van der Waals surface area contributed by atoms with Crippen LogP contribution in [0.5, 0.6) is 0 Å². The van der Waals surface area contributed by atoms with Crippen molar-refractivity contribution in [3.05, 3.63) is 39.2 Å². The van der Waals surface area contributed by atoms with Crippen molar-refractivity contribution in [1.82, 2.24) is 9.80 Å². The summed E-state index contributed by atoms with van der Waals surface area (Å²) in [6, 6.07) is 7.13. The highest BCUT2D eigenvalue weighted by Gasteiger charge is 2.42. The van der Waals surface area contributed by atoms with Crippen LogP contribution in [0.2, 0.25) is 0 Å². The van der Waals surface area contributed by atoms with Crippen LogP contribution in [0.1, 0.15) is 33.3 Å². The normalized spacial score (nSPS) is 17.3. The van der Waals surface area contributed by atoms with E-state index in [-0.39, 0.29) is 17.7 Å². The molecule has 1 fully saturated rings. The molecule has 7 heteroatoms. The molecule has 1 unspecified atom stereocenters. The minimum atomic E-state index is -0.571. The van der Waals surface area contributed by atoms with Gasteiger partial charge in [0.2, 0.25) is 5.91 Å². The molecule has 0 aliphatic carbocycles. The van der Waals surface area contributed by atoms with E-state index < -0.39 is 6.04 Å². The monoisotopic (exact) mass is 454 g/mol. The molecule has 1 aliphatic heterocycles. The maximum absolute atomic E-state index is 13.0. The summed E-state index contributed by atoms with van der Waals surface area (Å²) < 4.78 is 1.42. The molecule has 0 saturated carbocycles. The van der Waals surface area contributed by atoms with Crippen LogP contribution in [0.15, 0.2) is 33.6 Å². The quantitative estimate of drug-likeness (QED) is 0.467. The second kappa shape index (κ2) is 9.15. The van der Waals surface area contributed by atoms with Gasteiger partial charge in [-0.15, -0.1) is 0 Å². The van der Waals surface area contributed by atoms with Gasteiger partial charge >= 0.3 is 0 Å². The molecule has 26 heavy (non-hydrogen) atoms. The highest BCUT2D eigenvalue weighted by atomic mass is 79.9. The Hall–Kier alpha value is -1.18. The average Bonchev–Trinajstić information content (AvgIpc) is 2.86. The van der Waals surface area contributed by atoms with Crippen LogP contribution < -0.4 is 0 Å². The van der Waals surface area contributed by atoms with Crippen LogP contribution in [0.3, 0.4) is 0 Å². The Morgan fingerprint density at radius 2 is 1.85 bits per heavy atom. The summed E-state index contributed by atoms with van der Waals surface area (Å²) in [5, 5.41) is 0. The Kier molecular flexibility index (Phi) is 7.43. The van der Waals surface area contributed by atoms with E-state index >= 15 is 0 Å². The van der Waals surface area contributed by atoms with Gasteiger partial charge in [-0.2, -0.15) is 0 Å². The van der Waals surface area contributed by atoms with E-state index in [0.717, 1.165) is 10.0 Å². The van der Waals surface area contributed by atoms with Crippen LogP contribution >= 0.6 is 39.9 Å². The van der Waals surface area contributed by atoms with Crippen molar-refractivity contribution >= 4 is 62.1 Å². The van der Waals surface area contributed by atoms with Crippen molar-refractivity contribution in [2.75, 3.05) is 13.1 Å². The lowest BCUT2D eigenvalue weighted by Crippen LogP contribution is -2.52. The number of hydrogen-bond donors (Lipinski definition) is 0. The Labute approximate surface area is 173 Å². The van der Waals surface area contributed by atoms with Gasteiger partial charge in [0.1, 0.15) is 10.4 Å². The van der Waals surface area contributed by atoms with Crippen LogP contribution in [0, 0.1) is 5.92 Å². The van der Waals surface area contributed by atoms with Crippen molar-refractivity contribution in [3.63, 3.8) is 0 Å². The van der Waals surface area contributed by atoms with E-state index in [0.29, 0.717) is 22.3 Å². The molecule has 1 aliphatic rings. The Bertz CT molecular complexity index is 728. The second-order valence-corrected chi connectivity index (χ2v) is 8.89. The van der Waals surface area contributed by atoms with Gasteiger partial charge in [-0.1, -0.05) is 65.9 Å². The number of rotatable bonds is 6. The minimum Gasteiger partial charge on any atom is -0.341 e. The molecule has 1 heterocycles. The first-order valence-corrected chi connectivity index (χ1v) is 10.6. The predicted octanol–water partition coefficient (Wildman–Crippen LogP) is 4.54. The summed E-state index contributed by atoms with van der Waals surface area (Å²) in [5.74, 6) is -0.272. The highest BCUT2D eigenvalue weighted by Crippen LogP contribution is 2.36. The molecule has 0 spiro atoms. The number of carbonyl (C=O) groups excluding carboxylic acids is 2. The first-order valence-electron chi connectivity index (χ1n) is 8.61. The van der Waals surface area contributed by atoms with E-state index in [1.54, 1.807) is 4.90 Å². The first kappa shape index (κ1) is 21.1. The van der Waals surface area contributed by atoms with Crippen molar-refractivity contribution in [2.45, 2.75) is 33.7 Å². The standard InChI is InChI=1S/C19H23BrN2O2S2/c1-5-21(6-2)18(24)16(12(3)4)22-17(23)15(26-19(22)25)11-13-7-9-14(20)10-8-13/h7-12,16H,5-6H2,1-4H3/b15-11-. The molecule has 0 aromatic heterocycles. The SMILES string of the molecule is CCN(CC)C(=O)C(C(C)C)N1C(=O)/C(=C/c2ccc(Br)cc2)SC1=S. The zero-order valence-electron chi connectivity index (χ0n) is 15.4. The lowest BCUT2D eigenvalue weighted by molar-refractivity contribution is -0.141. The molecule has 4 nitrogen and oxygen atoms in total. The third kappa shape index (κ3) is 4.56. The number of nitrogens with zero attached hydrogens (tertiary/aromatic N) is 2. The topological polar surface area (TPSA) is 40.6 Å². The van der Waals surface area contributed by atoms with Gasteiger partial charge in [0, 0.05) is 17.6 Å². The maximum atomic E-state index is 13.0.